The molecule has 0 heterocycles. The van der Waals surface area contributed by atoms with Gasteiger partial charge in [-0.05, 0) is 30.5 Å². The number of benzene rings is 1. The molecule has 0 radical (unpaired) electrons. The Hall–Kier alpha value is -2.79. The molecule has 0 aliphatic carbocycles. The lowest BCUT2D eigenvalue weighted by Crippen LogP contribution is -2.55. The molecule has 0 saturated heterocycles. The number of rotatable bonds is 11. The van der Waals surface area contributed by atoms with Crippen LogP contribution in [0.2, 0.25) is 0 Å². The molecule has 1 aromatic carbocycles. The molecule has 0 bridgehead atoms. The van der Waals surface area contributed by atoms with Gasteiger partial charge in [-0.1, -0.05) is 12.1 Å². The maximum Gasteiger partial charge on any atom is 0.327 e. The average Bonchev–Trinajstić information content (AvgIpc) is 2.63. The molecule has 0 saturated carbocycles. The average molecular weight is 413 g/mol. The number of amides is 2. The topological polar surface area (TPSA) is 179 Å². The van der Waals surface area contributed by atoms with Crippen molar-refractivity contribution in [1.82, 2.24) is 10.6 Å². The van der Waals surface area contributed by atoms with E-state index in [0.29, 0.717) is 5.56 Å². The first-order valence-corrected chi connectivity index (χ1v) is 8.97. The molecule has 0 fully saturated rings. The highest BCUT2D eigenvalue weighted by Gasteiger charge is 2.27. The van der Waals surface area contributed by atoms with Crippen LogP contribution in [0.4, 0.5) is 0 Å². The first-order valence-electron chi connectivity index (χ1n) is 8.33. The summed E-state index contributed by atoms with van der Waals surface area (Å²) in [6.45, 7) is 0. The Morgan fingerprint density at radius 3 is 2.07 bits per heavy atom. The fourth-order valence-corrected chi connectivity index (χ4v) is 2.50. The highest BCUT2D eigenvalue weighted by molar-refractivity contribution is 7.80. The van der Waals surface area contributed by atoms with Crippen LogP contribution in [0.3, 0.4) is 0 Å². The molecule has 3 atom stereocenters. The third kappa shape index (κ3) is 7.84. The van der Waals surface area contributed by atoms with Crippen molar-refractivity contribution < 1.29 is 34.5 Å². The van der Waals surface area contributed by atoms with Gasteiger partial charge in [-0.25, -0.2) is 4.79 Å². The molecule has 11 heteroatoms. The third-order valence-corrected chi connectivity index (χ3v) is 4.17. The van der Waals surface area contributed by atoms with Crippen molar-refractivity contribution in [3.8, 4) is 5.75 Å². The Labute approximate surface area is 166 Å². The van der Waals surface area contributed by atoms with Crippen molar-refractivity contribution in [2.75, 3.05) is 5.75 Å². The van der Waals surface area contributed by atoms with Gasteiger partial charge in [0.25, 0.3) is 0 Å². The second-order valence-electron chi connectivity index (χ2n) is 6.05. The Morgan fingerprint density at radius 1 is 1.00 bits per heavy atom. The van der Waals surface area contributed by atoms with Gasteiger partial charge < -0.3 is 31.7 Å². The van der Waals surface area contributed by atoms with Gasteiger partial charge in [-0.15, -0.1) is 0 Å². The molecule has 28 heavy (non-hydrogen) atoms. The minimum Gasteiger partial charge on any atom is -0.508 e. The smallest absolute Gasteiger partial charge is 0.327 e. The van der Waals surface area contributed by atoms with Crippen LogP contribution in [0.15, 0.2) is 24.3 Å². The third-order valence-electron chi connectivity index (χ3n) is 3.81. The monoisotopic (exact) mass is 413 g/mol. The van der Waals surface area contributed by atoms with Crippen LogP contribution >= 0.6 is 12.6 Å². The highest BCUT2D eigenvalue weighted by atomic mass is 32.1. The molecule has 154 valence electrons. The molecular formula is C17H23N3O7S. The minimum atomic E-state index is -1.31. The molecule has 2 amide bonds. The molecule has 1 aromatic rings. The number of carboxylic acids is 2. The van der Waals surface area contributed by atoms with E-state index >= 15 is 0 Å². The Bertz CT molecular complexity index is 711. The fourth-order valence-electron chi connectivity index (χ4n) is 2.25. The van der Waals surface area contributed by atoms with Crippen LogP contribution in [0.5, 0.6) is 5.75 Å². The van der Waals surface area contributed by atoms with E-state index in [-0.39, 0.29) is 24.3 Å². The number of aliphatic carboxylic acids is 2. The van der Waals surface area contributed by atoms with E-state index in [1.54, 1.807) is 12.1 Å². The maximum atomic E-state index is 12.3. The quantitative estimate of drug-likeness (QED) is 0.228. The van der Waals surface area contributed by atoms with E-state index in [4.69, 9.17) is 15.9 Å². The van der Waals surface area contributed by atoms with E-state index in [1.807, 2.05) is 0 Å². The second kappa shape index (κ2) is 11.1. The van der Waals surface area contributed by atoms with Crippen LogP contribution in [0.25, 0.3) is 0 Å². The largest absolute Gasteiger partial charge is 0.508 e. The van der Waals surface area contributed by atoms with Gasteiger partial charge in [0.05, 0.1) is 6.04 Å². The number of hydrogen-bond acceptors (Lipinski definition) is 7. The number of aromatic hydroxyl groups is 1. The standard InChI is InChI=1S/C17H23N3O7S/c18-11(7-9-1-3-10(21)4-2-9)15(24)19-12(5-6-14(22)23)16(25)20-13(8-28)17(26)27/h1-4,11-13,21,28H,5-8,18H2,(H,19,24)(H,20,25)(H,22,23)(H,26,27)/t11-,12-,13-/m0/s1. The number of thiol groups is 1. The Balaban J connectivity index is 2.78. The number of nitrogens with two attached hydrogens (primary N) is 1. The fraction of sp³-hybridized carbons (Fsp3) is 0.412. The first kappa shape index (κ1) is 23.2. The summed E-state index contributed by atoms with van der Waals surface area (Å²) >= 11 is 3.83. The van der Waals surface area contributed by atoms with E-state index in [2.05, 4.69) is 23.3 Å². The molecule has 0 spiro atoms. The number of carbonyl (C=O) groups excluding carboxylic acids is 2. The van der Waals surface area contributed by atoms with Gasteiger partial charge in [0.15, 0.2) is 0 Å². The van der Waals surface area contributed by atoms with Crippen LogP contribution in [-0.2, 0) is 25.6 Å². The Kier molecular flexibility index (Phi) is 9.25. The molecule has 10 nitrogen and oxygen atoms in total. The summed E-state index contributed by atoms with van der Waals surface area (Å²) in [5.41, 5.74) is 6.51. The summed E-state index contributed by atoms with van der Waals surface area (Å²) in [6, 6.07) is 2.45. The summed E-state index contributed by atoms with van der Waals surface area (Å²) in [5, 5.41) is 31.6. The van der Waals surface area contributed by atoms with Gasteiger partial charge in [-0.2, -0.15) is 12.6 Å². The van der Waals surface area contributed by atoms with Crippen LogP contribution in [-0.4, -0.2) is 63.0 Å². The number of carbonyl (C=O) groups is 4. The van der Waals surface area contributed by atoms with Crippen molar-refractivity contribution in [2.45, 2.75) is 37.4 Å². The first-order chi connectivity index (χ1) is 13.1. The molecule has 0 aromatic heterocycles. The zero-order valence-corrected chi connectivity index (χ0v) is 15.8. The maximum absolute atomic E-state index is 12.3. The predicted molar refractivity (Wildman–Crippen MR) is 102 cm³/mol. The van der Waals surface area contributed by atoms with E-state index in [0.717, 1.165) is 0 Å². The normalized spacial score (nSPS) is 13.8. The lowest BCUT2D eigenvalue weighted by molar-refractivity contribution is -0.142. The van der Waals surface area contributed by atoms with Crippen molar-refractivity contribution >= 4 is 36.4 Å². The molecule has 7 N–H and O–H groups in total. The number of nitrogens with one attached hydrogen (secondary N) is 2. The number of carboxylic acid groups (broad SMARTS) is 2. The molecule has 0 unspecified atom stereocenters. The number of phenolic OH excluding ortho intramolecular Hbond substituents is 1. The van der Waals surface area contributed by atoms with Crippen LogP contribution in [0, 0.1) is 0 Å². The molecular weight excluding hydrogens is 390 g/mol. The van der Waals surface area contributed by atoms with E-state index < -0.39 is 48.3 Å². The van der Waals surface area contributed by atoms with Gasteiger partial charge >= 0.3 is 11.9 Å². The summed E-state index contributed by atoms with van der Waals surface area (Å²) in [6.07, 6.45) is -0.532. The van der Waals surface area contributed by atoms with Gasteiger partial charge in [0.2, 0.25) is 11.8 Å². The zero-order chi connectivity index (χ0) is 21.3. The predicted octanol–water partition coefficient (Wildman–Crippen LogP) is -0.889. The van der Waals surface area contributed by atoms with Crippen molar-refractivity contribution in [2.24, 2.45) is 5.73 Å². The minimum absolute atomic E-state index is 0.0596. The van der Waals surface area contributed by atoms with Gasteiger partial charge in [0.1, 0.15) is 17.8 Å². The van der Waals surface area contributed by atoms with Crippen LogP contribution in [0.1, 0.15) is 18.4 Å². The van der Waals surface area contributed by atoms with Crippen molar-refractivity contribution in [1.29, 1.82) is 0 Å². The number of phenols is 1. The lowest BCUT2D eigenvalue weighted by Gasteiger charge is -2.22. The Morgan fingerprint density at radius 2 is 1.57 bits per heavy atom. The van der Waals surface area contributed by atoms with Gasteiger partial charge in [0, 0.05) is 12.2 Å². The molecule has 0 aliphatic rings. The molecule has 1 rings (SSSR count). The van der Waals surface area contributed by atoms with Crippen molar-refractivity contribution in [3.63, 3.8) is 0 Å². The SMILES string of the molecule is N[C@@H](Cc1ccc(O)cc1)C(=O)N[C@@H](CCC(=O)O)C(=O)N[C@@H](CS)C(=O)O. The summed E-state index contributed by atoms with van der Waals surface area (Å²) in [7, 11) is 0. The van der Waals surface area contributed by atoms with E-state index in [1.165, 1.54) is 12.1 Å². The van der Waals surface area contributed by atoms with Gasteiger partial charge in [-0.3, -0.25) is 14.4 Å². The van der Waals surface area contributed by atoms with E-state index in [9.17, 15) is 24.3 Å². The second-order valence-corrected chi connectivity index (χ2v) is 6.42. The van der Waals surface area contributed by atoms with Crippen LogP contribution < -0.4 is 16.4 Å². The van der Waals surface area contributed by atoms with Crippen molar-refractivity contribution in [3.05, 3.63) is 29.8 Å². The molecule has 0 aliphatic heterocycles. The summed E-state index contributed by atoms with van der Waals surface area (Å²) in [4.78, 5) is 46.5. The number of hydrogen-bond donors (Lipinski definition) is 7. The summed E-state index contributed by atoms with van der Waals surface area (Å²) < 4.78 is 0. The summed E-state index contributed by atoms with van der Waals surface area (Å²) in [5.74, 6) is -4.14. The lowest BCUT2D eigenvalue weighted by atomic mass is 10.0. The highest BCUT2D eigenvalue weighted by Crippen LogP contribution is 2.11. The zero-order valence-electron chi connectivity index (χ0n) is 14.9.